The van der Waals surface area contributed by atoms with Gasteiger partial charge in [-0.1, -0.05) is 0 Å². The van der Waals surface area contributed by atoms with E-state index in [1.54, 1.807) is 0 Å². The second-order valence-electron chi connectivity index (χ2n) is 4.47. The van der Waals surface area contributed by atoms with Gasteiger partial charge in [0, 0.05) is 25.7 Å². The van der Waals surface area contributed by atoms with Gasteiger partial charge >= 0.3 is 0 Å². The monoisotopic (exact) mass is 288 g/mol. The molecule has 5 nitrogen and oxygen atoms in total. The summed E-state index contributed by atoms with van der Waals surface area (Å²) in [4.78, 5) is 9.29. The quantitative estimate of drug-likeness (QED) is 0.641. The minimum atomic E-state index is -0.749. The van der Waals surface area contributed by atoms with Crippen molar-refractivity contribution in [2.75, 3.05) is 24.3 Å². The number of aryl methyl sites for hydroxylation is 1. The number of nitrogens with one attached hydrogen (secondary N) is 1. The number of hydrogen-bond donors (Lipinski definition) is 2. The summed E-state index contributed by atoms with van der Waals surface area (Å²) in [5, 5.41) is 3.64. The van der Waals surface area contributed by atoms with E-state index in [4.69, 9.17) is 16.3 Å². The van der Waals surface area contributed by atoms with Gasteiger partial charge in [0.15, 0.2) is 22.7 Å². The molecule has 1 fully saturated rings. The lowest BCUT2D eigenvalue weighted by Crippen LogP contribution is -2.29. The molecule has 0 amide bonds. The third-order valence-corrected chi connectivity index (χ3v) is 4.90. The molecule has 1 saturated heterocycles. The third kappa shape index (κ3) is 2.42. The fraction of sp³-hybridized carbons (Fsp3) is 0.636. The number of ether oxygens (including phenoxy) is 1. The molecule has 1 unspecified atom stereocenters. The van der Waals surface area contributed by atoms with Crippen LogP contribution < -0.4 is 5.32 Å². The SMILES string of the molecule is O[S+]1CCc2nc(Cl)nc(NC3CCOCC3)c21. The molecule has 0 aromatic carbocycles. The molecule has 98 valence electrons. The van der Waals surface area contributed by atoms with Gasteiger partial charge in [0.25, 0.3) is 4.90 Å². The standard InChI is InChI=1S/C11H15ClN3O2S/c12-11-14-8-3-6-18(16)9(8)10(15-11)13-7-1-4-17-5-2-7/h7,16H,1-6H2,(H,13,14,15)/q+1. The van der Waals surface area contributed by atoms with Crippen LogP contribution in [0.5, 0.6) is 0 Å². The van der Waals surface area contributed by atoms with Crippen molar-refractivity contribution >= 4 is 28.6 Å². The van der Waals surface area contributed by atoms with Crippen molar-refractivity contribution in [2.45, 2.75) is 30.2 Å². The van der Waals surface area contributed by atoms with Crippen LogP contribution in [0.2, 0.25) is 5.28 Å². The van der Waals surface area contributed by atoms with Gasteiger partial charge in [0.1, 0.15) is 5.69 Å². The Labute approximate surface area is 113 Å². The first-order valence-electron chi connectivity index (χ1n) is 6.04. The van der Waals surface area contributed by atoms with Crippen LogP contribution in [-0.4, -0.2) is 39.5 Å². The second kappa shape index (κ2) is 5.21. The van der Waals surface area contributed by atoms with Crippen molar-refractivity contribution in [3.05, 3.63) is 11.0 Å². The first-order chi connectivity index (χ1) is 8.74. The lowest BCUT2D eigenvalue weighted by atomic mass is 10.1. The Hall–Kier alpha value is -0.560. The van der Waals surface area contributed by atoms with Gasteiger partial charge in [0.05, 0.1) is 0 Å². The molecule has 1 aromatic heterocycles. The van der Waals surface area contributed by atoms with Crippen molar-refractivity contribution < 1.29 is 9.29 Å². The molecule has 2 N–H and O–H groups in total. The highest BCUT2D eigenvalue weighted by atomic mass is 35.5. The van der Waals surface area contributed by atoms with Gasteiger partial charge in [-0.15, -0.1) is 0 Å². The molecule has 2 aliphatic rings. The summed E-state index contributed by atoms with van der Waals surface area (Å²) >= 11 is 5.18. The number of anilines is 1. The zero-order valence-corrected chi connectivity index (χ0v) is 11.4. The molecular formula is C11H15ClN3O2S+. The minimum Gasteiger partial charge on any atom is -0.381 e. The molecule has 1 atom stereocenters. The number of aromatic nitrogens is 2. The maximum atomic E-state index is 10.0. The normalized spacial score (nSPS) is 24.0. The third-order valence-electron chi connectivity index (χ3n) is 3.24. The van der Waals surface area contributed by atoms with Crippen LogP contribution in [0.1, 0.15) is 18.5 Å². The summed E-state index contributed by atoms with van der Waals surface area (Å²) in [7, 11) is 0. The van der Waals surface area contributed by atoms with Crippen molar-refractivity contribution in [3.8, 4) is 0 Å². The van der Waals surface area contributed by atoms with Crippen molar-refractivity contribution in [1.82, 2.24) is 9.97 Å². The van der Waals surface area contributed by atoms with Gasteiger partial charge in [-0.25, -0.2) is 4.98 Å². The molecule has 2 aliphatic heterocycles. The van der Waals surface area contributed by atoms with Gasteiger partial charge in [-0.05, 0) is 24.4 Å². The Kier molecular flexibility index (Phi) is 3.61. The lowest BCUT2D eigenvalue weighted by molar-refractivity contribution is 0.0903. The predicted octanol–water partition coefficient (Wildman–Crippen LogP) is 1.73. The fourth-order valence-electron chi connectivity index (χ4n) is 2.31. The number of halogens is 1. The molecule has 0 bridgehead atoms. The topological polar surface area (TPSA) is 67.3 Å². The highest BCUT2D eigenvalue weighted by Crippen LogP contribution is 2.32. The maximum Gasteiger partial charge on any atom is 0.253 e. The zero-order chi connectivity index (χ0) is 12.5. The van der Waals surface area contributed by atoms with Gasteiger partial charge < -0.3 is 10.1 Å². The largest absolute Gasteiger partial charge is 0.381 e. The van der Waals surface area contributed by atoms with Crippen LogP contribution in [-0.2, 0) is 22.3 Å². The molecule has 0 spiro atoms. The highest BCUT2D eigenvalue weighted by Gasteiger charge is 2.38. The Morgan fingerprint density at radius 3 is 2.89 bits per heavy atom. The number of rotatable bonds is 2. The number of nitrogens with zero attached hydrogens (tertiary/aromatic N) is 2. The molecule has 18 heavy (non-hydrogen) atoms. The summed E-state index contributed by atoms with van der Waals surface area (Å²) in [6.45, 7) is 1.53. The molecule has 3 rings (SSSR count). The summed E-state index contributed by atoms with van der Waals surface area (Å²) in [6.07, 6.45) is 2.69. The summed E-state index contributed by atoms with van der Waals surface area (Å²) in [6, 6.07) is 0.339. The van der Waals surface area contributed by atoms with Crippen LogP contribution in [0.4, 0.5) is 5.82 Å². The Bertz CT molecular complexity index is 454. The number of fused-ring (bicyclic) bond motifs is 1. The first-order valence-corrected chi connectivity index (χ1v) is 7.77. The van der Waals surface area contributed by atoms with Gasteiger partial charge in [0.2, 0.25) is 5.28 Å². The van der Waals surface area contributed by atoms with E-state index in [-0.39, 0.29) is 5.28 Å². The smallest absolute Gasteiger partial charge is 0.253 e. The Balaban J connectivity index is 1.86. The average molecular weight is 289 g/mol. The summed E-state index contributed by atoms with van der Waals surface area (Å²) in [5.74, 6) is 1.44. The van der Waals surface area contributed by atoms with Crippen molar-refractivity contribution in [3.63, 3.8) is 0 Å². The number of hydrogen-bond acceptors (Lipinski definition) is 5. The van der Waals surface area contributed by atoms with E-state index in [1.807, 2.05) is 0 Å². The maximum absolute atomic E-state index is 10.0. The van der Waals surface area contributed by atoms with Crippen LogP contribution >= 0.6 is 11.6 Å². The highest BCUT2D eigenvalue weighted by molar-refractivity contribution is 7.92. The van der Waals surface area contributed by atoms with E-state index < -0.39 is 11.2 Å². The van der Waals surface area contributed by atoms with Gasteiger partial charge in [-0.3, -0.25) is 0 Å². The second-order valence-corrected chi connectivity index (χ2v) is 6.35. The van der Waals surface area contributed by atoms with E-state index in [9.17, 15) is 4.55 Å². The minimum absolute atomic E-state index is 0.252. The van der Waals surface area contributed by atoms with E-state index in [0.717, 1.165) is 48.8 Å². The van der Waals surface area contributed by atoms with Crippen LogP contribution in [0, 0.1) is 0 Å². The molecule has 7 heteroatoms. The predicted molar refractivity (Wildman–Crippen MR) is 71.3 cm³/mol. The first kappa shape index (κ1) is 12.5. The van der Waals surface area contributed by atoms with E-state index >= 15 is 0 Å². The van der Waals surface area contributed by atoms with Crippen molar-refractivity contribution in [2.24, 2.45) is 0 Å². The van der Waals surface area contributed by atoms with Crippen molar-refractivity contribution in [1.29, 1.82) is 0 Å². The molecule has 3 heterocycles. The summed E-state index contributed by atoms with van der Waals surface area (Å²) in [5.41, 5.74) is 0.885. The average Bonchev–Trinajstić information content (AvgIpc) is 2.72. The lowest BCUT2D eigenvalue weighted by Gasteiger charge is -2.23. The molecule has 0 aliphatic carbocycles. The molecule has 0 radical (unpaired) electrons. The van der Waals surface area contributed by atoms with E-state index in [1.165, 1.54) is 0 Å². The molecule has 0 saturated carbocycles. The Morgan fingerprint density at radius 1 is 1.33 bits per heavy atom. The van der Waals surface area contributed by atoms with Crippen LogP contribution in [0.15, 0.2) is 4.90 Å². The zero-order valence-electron chi connectivity index (χ0n) is 9.86. The van der Waals surface area contributed by atoms with E-state index in [0.29, 0.717) is 11.9 Å². The van der Waals surface area contributed by atoms with Crippen LogP contribution in [0.3, 0.4) is 0 Å². The Morgan fingerprint density at radius 2 is 2.11 bits per heavy atom. The van der Waals surface area contributed by atoms with E-state index in [2.05, 4.69) is 15.3 Å². The fourth-order valence-corrected chi connectivity index (χ4v) is 3.84. The molecular weight excluding hydrogens is 274 g/mol. The van der Waals surface area contributed by atoms with Crippen LogP contribution in [0.25, 0.3) is 0 Å². The molecule has 1 aromatic rings. The summed E-state index contributed by atoms with van der Waals surface area (Å²) < 4.78 is 15.4. The van der Waals surface area contributed by atoms with Gasteiger partial charge in [-0.2, -0.15) is 9.54 Å².